The molecule has 0 saturated heterocycles. The zero-order chi connectivity index (χ0) is 20.6. The number of sulfonamides is 1. The molecule has 2 heterocycles. The summed E-state index contributed by atoms with van der Waals surface area (Å²) in [5.74, 6) is -0.342. The van der Waals surface area contributed by atoms with Crippen LogP contribution < -0.4 is 10.0 Å². The van der Waals surface area contributed by atoms with Crippen molar-refractivity contribution < 1.29 is 13.2 Å². The molecule has 2 N–H and O–H groups in total. The van der Waals surface area contributed by atoms with Crippen LogP contribution in [0.25, 0.3) is 10.1 Å². The molecule has 6 nitrogen and oxygen atoms in total. The van der Waals surface area contributed by atoms with Crippen molar-refractivity contribution in [1.82, 2.24) is 4.98 Å². The van der Waals surface area contributed by atoms with E-state index < -0.39 is 10.0 Å². The molecular formula is C19H14ClN3O3S3. The van der Waals surface area contributed by atoms with Gasteiger partial charge in [-0.2, -0.15) is 0 Å². The van der Waals surface area contributed by atoms with Crippen LogP contribution in [0.1, 0.15) is 15.2 Å². The van der Waals surface area contributed by atoms with Crippen molar-refractivity contribution in [3.8, 4) is 0 Å². The van der Waals surface area contributed by atoms with Crippen LogP contribution in [-0.2, 0) is 10.0 Å². The standard InChI is InChI=1S/C19H14ClN3O3S3/c1-11-2-7-14-15(10-11)28-17(16(14)20)18(24)22-12-3-5-13(6-4-12)29(25,26)23-19-21-8-9-27-19/h2-10H,1H3,(H,21,23)(H,22,24). The molecular weight excluding hydrogens is 450 g/mol. The summed E-state index contributed by atoms with van der Waals surface area (Å²) in [5, 5.41) is 5.97. The summed E-state index contributed by atoms with van der Waals surface area (Å²) in [5.41, 5.74) is 1.55. The van der Waals surface area contributed by atoms with Crippen molar-refractivity contribution in [3.05, 3.63) is 69.5 Å². The lowest BCUT2D eigenvalue weighted by atomic mass is 10.2. The van der Waals surface area contributed by atoms with Gasteiger partial charge in [0.05, 0.1) is 9.92 Å². The van der Waals surface area contributed by atoms with Gasteiger partial charge in [0.1, 0.15) is 4.88 Å². The van der Waals surface area contributed by atoms with E-state index in [1.807, 2.05) is 25.1 Å². The number of nitrogens with one attached hydrogen (secondary N) is 2. The zero-order valence-electron chi connectivity index (χ0n) is 15.0. The molecule has 0 unspecified atom stereocenters. The van der Waals surface area contributed by atoms with E-state index in [2.05, 4.69) is 15.0 Å². The Morgan fingerprint density at radius 3 is 2.59 bits per heavy atom. The fraction of sp³-hybridized carbons (Fsp3) is 0.0526. The Bertz CT molecular complexity index is 1300. The molecule has 0 atom stereocenters. The Hall–Kier alpha value is -2.46. The van der Waals surface area contributed by atoms with Crippen molar-refractivity contribution in [3.63, 3.8) is 0 Å². The van der Waals surface area contributed by atoms with Crippen molar-refractivity contribution in [1.29, 1.82) is 0 Å². The van der Waals surface area contributed by atoms with Crippen LogP contribution >= 0.6 is 34.3 Å². The molecule has 2 aromatic heterocycles. The number of hydrogen-bond acceptors (Lipinski definition) is 6. The predicted molar refractivity (Wildman–Crippen MR) is 119 cm³/mol. The molecule has 0 fully saturated rings. The molecule has 2 aromatic carbocycles. The first kappa shape index (κ1) is 19.8. The van der Waals surface area contributed by atoms with Gasteiger partial charge in [-0.15, -0.1) is 22.7 Å². The number of carbonyl (C=O) groups is 1. The minimum Gasteiger partial charge on any atom is -0.321 e. The van der Waals surface area contributed by atoms with Crippen LogP contribution in [-0.4, -0.2) is 19.3 Å². The molecule has 0 spiro atoms. The van der Waals surface area contributed by atoms with Crippen LogP contribution in [0.4, 0.5) is 10.8 Å². The number of anilines is 2. The molecule has 0 aliphatic carbocycles. The monoisotopic (exact) mass is 463 g/mol. The summed E-state index contributed by atoms with van der Waals surface area (Å²) >= 11 is 8.89. The largest absolute Gasteiger partial charge is 0.321 e. The smallest absolute Gasteiger partial charge is 0.267 e. The summed E-state index contributed by atoms with van der Waals surface area (Å²) in [6.45, 7) is 1.98. The predicted octanol–water partition coefficient (Wildman–Crippen LogP) is 5.37. The van der Waals surface area contributed by atoms with Gasteiger partial charge in [-0.25, -0.2) is 13.4 Å². The number of benzene rings is 2. The maximum atomic E-state index is 12.7. The third-order valence-electron chi connectivity index (χ3n) is 4.07. The Kier molecular flexibility index (Phi) is 5.30. The first-order valence-electron chi connectivity index (χ1n) is 8.36. The van der Waals surface area contributed by atoms with E-state index in [1.54, 1.807) is 5.38 Å². The lowest BCUT2D eigenvalue weighted by Gasteiger charge is -2.07. The lowest BCUT2D eigenvalue weighted by molar-refractivity contribution is 0.103. The molecule has 1 amide bonds. The van der Waals surface area contributed by atoms with E-state index in [4.69, 9.17) is 11.6 Å². The fourth-order valence-corrected chi connectivity index (χ4v) is 5.97. The maximum Gasteiger partial charge on any atom is 0.267 e. The second-order valence-electron chi connectivity index (χ2n) is 6.17. The van der Waals surface area contributed by atoms with Gasteiger partial charge in [-0.1, -0.05) is 23.7 Å². The SMILES string of the molecule is Cc1ccc2c(Cl)c(C(=O)Nc3ccc(S(=O)(=O)Nc4nccs4)cc3)sc2c1. The van der Waals surface area contributed by atoms with E-state index in [9.17, 15) is 13.2 Å². The Morgan fingerprint density at radius 2 is 1.90 bits per heavy atom. The maximum absolute atomic E-state index is 12.7. The molecule has 0 aliphatic rings. The average molecular weight is 464 g/mol. The second-order valence-corrected chi connectivity index (χ2v) is 10.2. The van der Waals surface area contributed by atoms with Crippen LogP contribution in [0.3, 0.4) is 0 Å². The number of aromatic nitrogens is 1. The lowest BCUT2D eigenvalue weighted by Crippen LogP contribution is -2.13. The van der Waals surface area contributed by atoms with E-state index in [-0.39, 0.29) is 15.9 Å². The highest BCUT2D eigenvalue weighted by atomic mass is 35.5. The Morgan fingerprint density at radius 1 is 1.14 bits per heavy atom. The minimum absolute atomic E-state index is 0.0704. The molecule has 0 radical (unpaired) electrons. The number of nitrogens with zero attached hydrogens (tertiary/aromatic N) is 1. The summed E-state index contributed by atoms with van der Waals surface area (Å²) in [7, 11) is -3.74. The number of halogens is 1. The van der Waals surface area contributed by atoms with Crippen molar-refractivity contribution in [2.75, 3.05) is 10.0 Å². The quantitative estimate of drug-likeness (QED) is 0.416. The van der Waals surface area contributed by atoms with Gasteiger partial charge in [0.2, 0.25) is 0 Å². The van der Waals surface area contributed by atoms with Crippen molar-refractivity contribution in [2.24, 2.45) is 0 Å². The summed E-state index contributed by atoms with van der Waals surface area (Å²) in [4.78, 5) is 17.1. The molecule has 29 heavy (non-hydrogen) atoms. The molecule has 4 rings (SSSR count). The number of rotatable bonds is 5. The van der Waals surface area contributed by atoms with Gasteiger partial charge >= 0.3 is 0 Å². The number of thiophene rings is 1. The molecule has 0 saturated carbocycles. The highest BCUT2D eigenvalue weighted by molar-refractivity contribution is 7.93. The third kappa shape index (κ3) is 4.13. The highest BCUT2D eigenvalue weighted by Crippen LogP contribution is 2.36. The van der Waals surface area contributed by atoms with Crippen LogP contribution in [0.5, 0.6) is 0 Å². The topological polar surface area (TPSA) is 88.2 Å². The Labute approximate surface area is 180 Å². The molecule has 4 aromatic rings. The van der Waals surface area contributed by atoms with Gasteiger partial charge in [-0.3, -0.25) is 9.52 Å². The number of carbonyl (C=O) groups excluding carboxylic acids is 1. The molecule has 0 bridgehead atoms. The molecule has 148 valence electrons. The van der Waals surface area contributed by atoms with Crippen molar-refractivity contribution in [2.45, 2.75) is 11.8 Å². The van der Waals surface area contributed by atoms with Gasteiger partial charge in [-0.05, 0) is 42.8 Å². The van der Waals surface area contributed by atoms with Gasteiger partial charge in [0, 0.05) is 27.4 Å². The van der Waals surface area contributed by atoms with Crippen LogP contribution in [0.15, 0.2) is 58.9 Å². The van der Waals surface area contributed by atoms with Crippen LogP contribution in [0.2, 0.25) is 5.02 Å². The van der Waals surface area contributed by atoms with Gasteiger partial charge in [0.25, 0.3) is 15.9 Å². The number of thiazole rings is 1. The number of amides is 1. The zero-order valence-corrected chi connectivity index (χ0v) is 18.2. The summed E-state index contributed by atoms with van der Waals surface area (Å²) in [6.07, 6.45) is 1.52. The fourth-order valence-electron chi connectivity index (χ4n) is 2.67. The van der Waals surface area contributed by atoms with E-state index in [0.29, 0.717) is 15.6 Å². The highest BCUT2D eigenvalue weighted by Gasteiger charge is 2.19. The van der Waals surface area contributed by atoms with Gasteiger partial charge in [0.15, 0.2) is 5.13 Å². The Balaban J connectivity index is 1.53. The first-order valence-corrected chi connectivity index (χ1v) is 11.9. The number of aryl methyl sites for hydroxylation is 1. The average Bonchev–Trinajstić information content (AvgIpc) is 3.29. The van der Waals surface area contributed by atoms with E-state index in [1.165, 1.54) is 53.1 Å². The first-order chi connectivity index (χ1) is 13.8. The van der Waals surface area contributed by atoms with E-state index in [0.717, 1.165) is 15.6 Å². The van der Waals surface area contributed by atoms with Crippen LogP contribution in [0, 0.1) is 6.92 Å². The summed E-state index contributed by atoms with van der Waals surface area (Å²) < 4.78 is 28.1. The van der Waals surface area contributed by atoms with Crippen molar-refractivity contribution >= 4 is 71.1 Å². The van der Waals surface area contributed by atoms with Gasteiger partial charge < -0.3 is 5.32 Å². The molecule has 10 heteroatoms. The number of hydrogen-bond donors (Lipinski definition) is 2. The normalized spacial score (nSPS) is 11.5. The number of fused-ring (bicyclic) bond motifs is 1. The van der Waals surface area contributed by atoms with E-state index >= 15 is 0 Å². The molecule has 0 aliphatic heterocycles. The minimum atomic E-state index is -3.74. The third-order valence-corrected chi connectivity index (χ3v) is 7.90. The second kappa shape index (κ2) is 7.75. The summed E-state index contributed by atoms with van der Waals surface area (Å²) in [6, 6.07) is 11.7.